The largest absolute Gasteiger partial charge is 0.350 e. The van der Waals surface area contributed by atoms with Gasteiger partial charge >= 0.3 is 0 Å². The van der Waals surface area contributed by atoms with E-state index in [1.807, 2.05) is 6.08 Å². The molecule has 1 saturated carbocycles. The van der Waals surface area contributed by atoms with Gasteiger partial charge in [-0.25, -0.2) is 4.98 Å². The lowest BCUT2D eigenvalue weighted by molar-refractivity contribution is 0.678. The van der Waals surface area contributed by atoms with Crippen LogP contribution in [0.5, 0.6) is 0 Å². The number of aryl methyl sites for hydroxylation is 1. The highest BCUT2D eigenvalue weighted by molar-refractivity contribution is 5.43. The molecule has 0 atom stereocenters. The van der Waals surface area contributed by atoms with Crippen molar-refractivity contribution >= 4 is 5.82 Å². The van der Waals surface area contributed by atoms with E-state index in [9.17, 15) is 0 Å². The van der Waals surface area contributed by atoms with Crippen LogP contribution in [0.1, 0.15) is 37.9 Å². The molecule has 0 amide bonds. The van der Waals surface area contributed by atoms with E-state index in [0.29, 0.717) is 6.04 Å². The Kier molecular flexibility index (Phi) is 4.59. The number of nitrogens with zero attached hydrogens (tertiary/aromatic N) is 2. The molecule has 0 bridgehead atoms. The summed E-state index contributed by atoms with van der Waals surface area (Å²) in [6, 6.07) is 5.50. The second kappa shape index (κ2) is 6.20. The quantitative estimate of drug-likeness (QED) is 0.763. The Balaban J connectivity index is 2.08. The first-order valence-electron chi connectivity index (χ1n) is 7.19. The molecule has 2 rings (SSSR count). The molecular weight excluding hydrogens is 234 g/mol. The second-order valence-electron chi connectivity index (χ2n) is 5.60. The molecule has 1 aliphatic carbocycles. The minimum atomic E-state index is 0.431. The van der Waals surface area contributed by atoms with E-state index in [4.69, 9.17) is 4.98 Å². The molecule has 104 valence electrons. The molecule has 0 spiro atoms. The van der Waals surface area contributed by atoms with E-state index in [1.54, 1.807) is 0 Å². The van der Waals surface area contributed by atoms with Crippen molar-refractivity contribution in [2.45, 2.75) is 52.2 Å². The van der Waals surface area contributed by atoms with Crippen molar-refractivity contribution in [2.24, 2.45) is 0 Å². The molecule has 19 heavy (non-hydrogen) atoms. The Morgan fingerprint density at radius 2 is 2.21 bits per heavy atom. The molecule has 3 nitrogen and oxygen atoms in total. The van der Waals surface area contributed by atoms with Crippen molar-refractivity contribution in [3.63, 3.8) is 0 Å². The van der Waals surface area contributed by atoms with Crippen LogP contribution in [0.3, 0.4) is 0 Å². The lowest BCUT2D eigenvalue weighted by atomic mass is 10.2. The SMILES string of the molecule is C=CCN(c1ccc(CNC2CC2)c(C)n1)C(C)C. The summed E-state index contributed by atoms with van der Waals surface area (Å²) < 4.78 is 0. The Morgan fingerprint density at radius 1 is 1.47 bits per heavy atom. The van der Waals surface area contributed by atoms with Gasteiger partial charge in [-0.15, -0.1) is 6.58 Å². The van der Waals surface area contributed by atoms with Gasteiger partial charge in [0.2, 0.25) is 0 Å². The lowest BCUT2D eigenvalue weighted by Crippen LogP contribution is -2.31. The summed E-state index contributed by atoms with van der Waals surface area (Å²) in [5.41, 5.74) is 2.43. The molecule has 1 fully saturated rings. The smallest absolute Gasteiger partial charge is 0.129 e. The summed E-state index contributed by atoms with van der Waals surface area (Å²) >= 11 is 0. The third-order valence-electron chi connectivity index (χ3n) is 3.58. The summed E-state index contributed by atoms with van der Waals surface area (Å²) in [6.45, 7) is 12.1. The first kappa shape index (κ1) is 14.1. The average molecular weight is 259 g/mol. The van der Waals surface area contributed by atoms with Crippen LogP contribution in [0.2, 0.25) is 0 Å². The first-order valence-corrected chi connectivity index (χ1v) is 7.19. The zero-order chi connectivity index (χ0) is 13.8. The predicted octanol–water partition coefficient (Wildman–Crippen LogP) is 3.04. The molecule has 0 aromatic carbocycles. The van der Waals surface area contributed by atoms with Crippen molar-refractivity contribution in [2.75, 3.05) is 11.4 Å². The van der Waals surface area contributed by atoms with Crippen LogP contribution >= 0.6 is 0 Å². The van der Waals surface area contributed by atoms with Crippen molar-refractivity contribution < 1.29 is 0 Å². The van der Waals surface area contributed by atoms with Crippen LogP contribution in [0.4, 0.5) is 5.82 Å². The van der Waals surface area contributed by atoms with Crippen molar-refractivity contribution in [3.8, 4) is 0 Å². The number of pyridine rings is 1. The van der Waals surface area contributed by atoms with Gasteiger partial charge in [-0.1, -0.05) is 12.1 Å². The summed E-state index contributed by atoms with van der Waals surface area (Å²) in [6.07, 6.45) is 4.58. The number of anilines is 1. The molecule has 0 aliphatic heterocycles. The Labute approximate surface area is 116 Å². The summed E-state index contributed by atoms with van der Waals surface area (Å²) in [7, 11) is 0. The maximum atomic E-state index is 4.75. The van der Waals surface area contributed by atoms with Gasteiger partial charge in [-0.3, -0.25) is 0 Å². The standard InChI is InChI=1S/C16H25N3/c1-5-10-19(12(2)3)16-9-6-14(13(4)18-16)11-17-15-7-8-15/h5-6,9,12,15,17H,1,7-8,10-11H2,2-4H3. The zero-order valence-corrected chi connectivity index (χ0v) is 12.3. The van der Waals surface area contributed by atoms with Gasteiger partial charge in [0.25, 0.3) is 0 Å². The fourth-order valence-electron chi connectivity index (χ4n) is 2.17. The van der Waals surface area contributed by atoms with E-state index in [0.717, 1.165) is 30.6 Å². The zero-order valence-electron chi connectivity index (χ0n) is 12.3. The molecule has 0 radical (unpaired) electrons. The van der Waals surface area contributed by atoms with Crippen molar-refractivity contribution in [3.05, 3.63) is 36.0 Å². The molecular formula is C16H25N3. The fourth-order valence-corrected chi connectivity index (χ4v) is 2.17. The van der Waals surface area contributed by atoms with Crippen LogP contribution in [-0.4, -0.2) is 23.6 Å². The van der Waals surface area contributed by atoms with Gasteiger partial charge in [0.1, 0.15) is 5.82 Å². The van der Waals surface area contributed by atoms with Crippen molar-refractivity contribution in [1.29, 1.82) is 0 Å². The van der Waals surface area contributed by atoms with Crippen LogP contribution < -0.4 is 10.2 Å². The van der Waals surface area contributed by atoms with Gasteiger partial charge in [0, 0.05) is 30.9 Å². The number of hydrogen-bond donors (Lipinski definition) is 1. The molecule has 3 heteroatoms. The van der Waals surface area contributed by atoms with Gasteiger partial charge < -0.3 is 10.2 Å². The van der Waals surface area contributed by atoms with Gasteiger partial charge in [-0.05, 0) is 45.2 Å². The molecule has 1 aromatic rings. The lowest BCUT2D eigenvalue weighted by Gasteiger charge is -2.27. The number of nitrogens with one attached hydrogen (secondary N) is 1. The topological polar surface area (TPSA) is 28.2 Å². The summed E-state index contributed by atoms with van der Waals surface area (Å²) in [4.78, 5) is 7.01. The highest BCUT2D eigenvalue weighted by atomic mass is 15.2. The van der Waals surface area contributed by atoms with Crippen LogP contribution in [0.15, 0.2) is 24.8 Å². The summed E-state index contributed by atoms with van der Waals surface area (Å²) in [5, 5.41) is 3.54. The Hall–Kier alpha value is -1.35. The maximum Gasteiger partial charge on any atom is 0.129 e. The minimum absolute atomic E-state index is 0.431. The Bertz CT molecular complexity index is 436. The minimum Gasteiger partial charge on any atom is -0.350 e. The molecule has 1 N–H and O–H groups in total. The van der Waals surface area contributed by atoms with Crippen LogP contribution in [0.25, 0.3) is 0 Å². The normalized spacial score (nSPS) is 14.7. The summed E-state index contributed by atoms with van der Waals surface area (Å²) in [5.74, 6) is 1.04. The van der Waals surface area contributed by atoms with Crippen LogP contribution in [0, 0.1) is 6.92 Å². The molecule has 1 aromatic heterocycles. The van der Waals surface area contributed by atoms with E-state index in [1.165, 1.54) is 18.4 Å². The molecule has 1 heterocycles. The third-order valence-corrected chi connectivity index (χ3v) is 3.58. The Morgan fingerprint density at radius 3 is 2.74 bits per heavy atom. The number of rotatable bonds is 7. The first-order chi connectivity index (χ1) is 9.11. The molecule has 1 aliphatic rings. The van der Waals surface area contributed by atoms with Gasteiger partial charge in [0.15, 0.2) is 0 Å². The monoisotopic (exact) mass is 259 g/mol. The van der Waals surface area contributed by atoms with Gasteiger partial charge in [0.05, 0.1) is 0 Å². The number of hydrogen-bond acceptors (Lipinski definition) is 3. The van der Waals surface area contributed by atoms with E-state index in [-0.39, 0.29) is 0 Å². The number of aromatic nitrogens is 1. The second-order valence-corrected chi connectivity index (χ2v) is 5.60. The van der Waals surface area contributed by atoms with Gasteiger partial charge in [-0.2, -0.15) is 0 Å². The van der Waals surface area contributed by atoms with E-state index >= 15 is 0 Å². The van der Waals surface area contributed by atoms with E-state index < -0.39 is 0 Å². The predicted molar refractivity (Wildman–Crippen MR) is 81.5 cm³/mol. The third kappa shape index (κ3) is 3.80. The van der Waals surface area contributed by atoms with E-state index in [2.05, 4.69) is 49.7 Å². The van der Waals surface area contributed by atoms with Crippen LogP contribution in [-0.2, 0) is 6.54 Å². The molecule has 0 saturated heterocycles. The van der Waals surface area contributed by atoms with Crippen molar-refractivity contribution in [1.82, 2.24) is 10.3 Å². The molecule has 0 unspecified atom stereocenters. The maximum absolute atomic E-state index is 4.75. The average Bonchev–Trinajstić information content (AvgIpc) is 3.18. The fraction of sp³-hybridized carbons (Fsp3) is 0.562. The highest BCUT2D eigenvalue weighted by Crippen LogP contribution is 2.21. The highest BCUT2D eigenvalue weighted by Gasteiger charge is 2.20.